The Morgan fingerprint density at radius 1 is 1.33 bits per heavy atom. The Balaban J connectivity index is 2.54. The molecule has 1 heterocycles. The van der Waals surface area contributed by atoms with Crippen LogP contribution >= 0.6 is 0 Å². The van der Waals surface area contributed by atoms with Gasteiger partial charge in [-0.15, -0.1) is 0 Å². The average molecular weight is 209 g/mol. The summed E-state index contributed by atoms with van der Waals surface area (Å²) in [7, 11) is 0. The van der Waals surface area contributed by atoms with Gasteiger partial charge in [0, 0.05) is 11.6 Å². The predicted octanol–water partition coefficient (Wildman–Crippen LogP) is 3.82. The SMILES string of the molecule is CCCCC(NCCC)c1coc(C)c1. The van der Waals surface area contributed by atoms with Gasteiger partial charge < -0.3 is 9.73 Å². The first-order valence-electron chi connectivity index (χ1n) is 6.06. The lowest BCUT2D eigenvalue weighted by Gasteiger charge is -2.16. The van der Waals surface area contributed by atoms with Gasteiger partial charge in [-0.25, -0.2) is 0 Å². The summed E-state index contributed by atoms with van der Waals surface area (Å²) < 4.78 is 5.37. The van der Waals surface area contributed by atoms with Gasteiger partial charge in [-0.2, -0.15) is 0 Å². The topological polar surface area (TPSA) is 25.2 Å². The van der Waals surface area contributed by atoms with E-state index in [1.54, 1.807) is 0 Å². The van der Waals surface area contributed by atoms with Gasteiger partial charge >= 0.3 is 0 Å². The molecule has 0 saturated heterocycles. The first-order valence-corrected chi connectivity index (χ1v) is 6.06. The van der Waals surface area contributed by atoms with Crippen LogP contribution in [-0.4, -0.2) is 6.54 Å². The van der Waals surface area contributed by atoms with E-state index in [1.807, 2.05) is 13.2 Å². The Hall–Kier alpha value is -0.760. The Labute approximate surface area is 93.1 Å². The second-order valence-electron chi connectivity index (χ2n) is 4.14. The van der Waals surface area contributed by atoms with Crippen LogP contribution in [0, 0.1) is 6.92 Å². The molecule has 1 aromatic rings. The Morgan fingerprint density at radius 3 is 2.67 bits per heavy atom. The minimum absolute atomic E-state index is 0.474. The van der Waals surface area contributed by atoms with Gasteiger partial charge in [0.05, 0.1) is 6.26 Å². The van der Waals surface area contributed by atoms with Crippen molar-refractivity contribution in [2.24, 2.45) is 0 Å². The van der Waals surface area contributed by atoms with E-state index in [2.05, 4.69) is 25.2 Å². The summed E-state index contributed by atoms with van der Waals surface area (Å²) in [5, 5.41) is 3.57. The van der Waals surface area contributed by atoms with Crippen molar-refractivity contribution in [2.45, 2.75) is 52.5 Å². The quantitative estimate of drug-likeness (QED) is 0.738. The van der Waals surface area contributed by atoms with Gasteiger partial charge in [-0.1, -0.05) is 26.7 Å². The summed E-state index contributed by atoms with van der Waals surface area (Å²) in [5.41, 5.74) is 1.30. The molecule has 0 amide bonds. The number of unbranched alkanes of at least 4 members (excludes halogenated alkanes) is 1. The maximum atomic E-state index is 5.37. The molecule has 0 aromatic carbocycles. The molecule has 1 N–H and O–H groups in total. The second kappa shape index (κ2) is 6.67. The standard InChI is InChI=1S/C13H23NO/c1-4-6-7-13(14-8-5-2)12-9-11(3)15-10-12/h9-10,13-14H,4-8H2,1-3H3. The number of hydrogen-bond acceptors (Lipinski definition) is 2. The number of aryl methyl sites for hydroxylation is 1. The van der Waals surface area contributed by atoms with Crippen molar-refractivity contribution >= 4 is 0 Å². The van der Waals surface area contributed by atoms with E-state index in [4.69, 9.17) is 4.42 Å². The van der Waals surface area contributed by atoms with Crippen LogP contribution in [-0.2, 0) is 0 Å². The van der Waals surface area contributed by atoms with E-state index < -0.39 is 0 Å². The van der Waals surface area contributed by atoms with Crippen molar-refractivity contribution < 1.29 is 4.42 Å². The summed E-state index contributed by atoms with van der Waals surface area (Å²) in [6, 6.07) is 2.62. The van der Waals surface area contributed by atoms with Gasteiger partial charge in [0.2, 0.25) is 0 Å². The maximum Gasteiger partial charge on any atom is 0.101 e. The number of rotatable bonds is 7. The molecule has 0 bridgehead atoms. The van der Waals surface area contributed by atoms with Crippen LogP contribution in [0.1, 0.15) is 56.9 Å². The van der Waals surface area contributed by atoms with Crippen LogP contribution in [0.2, 0.25) is 0 Å². The zero-order chi connectivity index (χ0) is 11.1. The van der Waals surface area contributed by atoms with Crippen molar-refractivity contribution in [3.05, 3.63) is 23.7 Å². The highest BCUT2D eigenvalue weighted by Gasteiger charge is 2.11. The third-order valence-corrected chi connectivity index (χ3v) is 2.64. The van der Waals surface area contributed by atoms with Gasteiger partial charge in [0.15, 0.2) is 0 Å². The van der Waals surface area contributed by atoms with E-state index in [9.17, 15) is 0 Å². The van der Waals surface area contributed by atoms with E-state index >= 15 is 0 Å². The lowest BCUT2D eigenvalue weighted by molar-refractivity contribution is 0.471. The molecule has 0 aliphatic rings. The molecule has 1 unspecified atom stereocenters. The first-order chi connectivity index (χ1) is 7.27. The number of hydrogen-bond donors (Lipinski definition) is 1. The third-order valence-electron chi connectivity index (χ3n) is 2.64. The molecule has 1 rings (SSSR count). The van der Waals surface area contributed by atoms with Crippen LogP contribution in [0.4, 0.5) is 0 Å². The fourth-order valence-corrected chi connectivity index (χ4v) is 1.76. The summed E-state index contributed by atoms with van der Waals surface area (Å²) in [6.45, 7) is 7.51. The molecule has 86 valence electrons. The fourth-order valence-electron chi connectivity index (χ4n) is 1.76. The molecule has 0 aliphatic carbocycles. The zero-order valence-corrected chi connectivity index (χ0v) is 10.2. The Kier molecular flexibility index (Phi) is 5.48. The highest BCUT2D eigenvalue weighted by Crippen LogP contribution is 2.21. The van der Waals surface area contributed by atoms with E-state index in [-0.39, 0.29) is 0 Å². The van der Waals surface area contributed by atoms with Crippen molar-refractivity contribution in [3.8, 4) is 0 Å². The average Bonchev–Trinajstić information content (AvgIpc) is 2.65. The molecular weight excluding hydrogens is 186 g/mol. The molecule has 0 saturated carbocycles. The lowest BCUT2D eigenvalue weighted by atomic mass is 10.0. The smallest absolute Gasteiger partial charge is 0.101 e. The normalized spacial score (nSPS) is 13.0. The lowest BCUT2D eigenvalue weighted by Crippen LogP contribution is -2.21. The van der Waals surface area contributed by atoms with E-state index in [0.717, 1.165) is 12.3 Å². The van der Waals surface area contributed by atoms with E-state index in [1.165, 1.54) is 31.2 Å². The van der Waals surface area contributed by atoms with Crippen molar-refractivity contribution in [1.29, 1.82) is 0 Å². The summed E-state index contributed by atoms with van der Waals surface area (Å²) in [5.74, 6) is 1.00. The van der Waals surface area contributed by atoms with Gasteiger partial charge in [0.1, 0.15) is 5.76 Å². The highest BCUT2D eigenvalue weighted by molar-refractivity contribution is 5.16. The van der Waals surface area contributed by atoms with Crippen LogP contribution in [0.25, 0.3) is 0 Å². The minimum Gasteiger partial charge on any atom is -0.469 e. The van der Waals surface area contributed by atoms with Crippen molar-refractivity contribution in [2.75, 3.05) is 6.54 Å². The molecule has 0 aliphatic heterocycles. The second-order valence-corrected chi connectivity index (χ2v) is 4.14. The summed E-state index contributed by atoms with van der Waals surface area (Å²) in [6.07, 6.45) is 6.79. The molecule has 2 heteroatoms. The van der Waals surface area contributed by atoms with Crippen LogP contribution in [0.3, 0.4) is 0 Å². The zero-order valence-electron chi connectivity index (χ0n) is 10.2. The third kappa shape index (κ3) is 4.08. The van der Waals surface area contributed by atoms with Gasteiger partial charge in [-0.05, 0) is 32.4 Å². The molecule has 15 heavy (non-hydrogen) atoms. The summed E-state index contributed by atoms with van der Waals surface area (Å²) >= 11 is 0. The van der Waals surface area contributed by atoms with E-state index in [0.29, 0.717) is 6.04 Å². The van der Waals surface area contributed by atoms with Crippen molar-refractivity contribution in [1.82, 2.24) is 5.32 Å². The fraction of sp³-hybridized carbons (Fsp3) is 0.692. The molecule has 1 atom stereocenters. The molecule has 0 radical (unpaired) electrons. The Morgan fingerprint density at radius 2 is 2.13 bits per heavy atom. The molecule has 2 nitrogen and oxygen atoms in total. The minimum atomic E-state index is 0.474. The molecule has 0 spiro atoms. The van der Waals surface area contributed by atoms with Gasteiger partial charge in [0.25, 0.3) is 0 Å². The number of nitrogens with one attached hydrogen (secondary N) is 1. The monoisotopic (exact) mass is 209 g/mol. The summed E-state index contributed by atoms with van der Waals surface area (Å²) in [4.78, 5) is 0. The molecule has 0 fully saturated rings. The maximum absolute atomic E-state index is 5.37. The highest BCUT2D eigenvalue weighted by atomic mass is 16.3. The van der Waals surface area contributed by atoms with Crippen LogP contribution in [0.15, 0.2) is 16.7 Å². The van der Waals surface area contributed by atoms with Crippen molar-refractivity contribution in [3.63, 3.8) is 0 Å². The van der Waals surface area contributed by atoms with Gasteiger partial charge in [-0.3, -0.25) is 0 Å². The van der Waals surface area contributed by atoms with Crippen LogP contribution < -0.4 is 5.32 Å². The molecular formula is C13H23NO. The Bertz CT molecular complexity index is 259. The first kappa shape index (κ1) is 12.3. The molecule has 1 aromatic heterocycles. The van der Waals surface area contributed by atoms with Crippen LogP contribution in [0.5, 0.6) is 0 Å². The number of furan rings is 1. The predicted molar refractivity (Wildman–Crippen MR) is 64.0 cm³/mol. The largest absolute Gasteiger partial charge is 0.469 e.